The lowest BCUT2D eigenvalue weighted by Crippen LogP contribution is -2.27. The van der Waals surface area contributed by atoms with Gasteiger partial charge in [-0.25, -0.2) is 0 Å². The van der Waals surface area contributed by atoms with Crippen LogP contribution < -0.4 is 10.6 Å². The van der Waals surface area contributed by atoms with Crippen molar-refractivity contribution in [2.45, 2.75) is 6.10 Å². The summed E-state index contributed by atoms with van der Waals surface area (Å²) in [5.74, 6) is 0. The predicted molar refractivity (Wildman–Crippen MR) is 83.1 cm³/mol. The van der Waals surface area contributed by atoms with Gasteiger partial charge in [0, 0.05) is 24.5 Å². The van der Waals surface area contributed by atoms with Crippen LogP contribution in [0.3, 0.4) is 0 Å². The molecule has 2 rings (SSSR count). The molecule has 0 bridgehead atoms. The van der Waals surface area contributed by atoms with E-state index in [-0.39, 0.29) is 12.4 Å². The standard InChI is InChI=1S/C15H18N2O.ClH/c18-15(11-16-13-7-3-1-4-8-13)12-17-14-9-5-2-6-10-14;/h1-10,15-18H,11-12H2;1H. The summed E-state index contributed by atoms with van der Waals surface area (Å²) in [7, 11) is 0. The van der Waals surface area contributed by atoms with Gasteiger partial charge in [-0.15, -0.1) is 12.4 Å². The first-order chi connectivity index (χ1) is 8.84. The Morgan fingerprint density at radius 2 is 1.11 bits per heavy atom. The molecule has 102 valence electrons. The van der Waals surface area contributed by atoms with Crippen molar-refractivity contribution in [3.8, 4) is 0 Å². The first-order valence-electron chi connectivity index (χ1n) is 6.10. The molecule has 0 aliphatic rings. The molecule has 0 aliphatic heterocycles. The Balaban J connectivity index is 0.00000180. The van der Waals surface area contributed by atoms with Gasteiger partial charge in [0.1, 0.15) is 0 Å². The van der Waals surface area contributed by atoms with Gasteiger partial charge in [-0.1, -0.05) is 36.4 Å². The summed E-state index contributed by atoms with van der Waals surface area (Å²) in [6.07, 6.45) is -0.426. The van der Waals surface area contributed by atoms with Crippen LogP contribution in [0.25, 0.3) is 0 Å². The third-order valence-corrected chi connectivity index (χ3v) is 2.63. The average molecular weight is 279 g/mol. The van der Waals surface area contributed by atoms with Crippen LogP contribution in [0.4, 0.5) is 11.4 Å². The molecule has 2 aromatic rings. The van der Waals surface area contributed by atoms with Crippen molar-refractivity contribution in [2.24, 2.45) is 0 Å². The van der Waals surface area contributed by atoms with E-state index in [0.717, 1.165) is 11.4 Å². The third kappa shape index (κ3) is 5.64. The fourth-order valence-corrected chi connectivity index (χ4v) is 1.66. The minimum absolute atomic E-state index is 0. The lowest BCUT2D eigenvalue weighted by atomic mass is 10.2. The molecule has 0 amide bonds. The molecule has 0 spiro atoms. The van der Waals surface area contributed by atoms with Crippen molar-refractivity contribution >= 4 is 23.8 Å². The molecule has 0 saturated heterocycles. The highest BCUT2D eigenvalue weighted by atomic mass is 35.5. The summed E-state index contributed by atoms with van der Waals surface area (Å²) in [6, 6.07) is 19.8. The Bertz CT molecular complexity index is 407. The number of rotatable bonds is 6. The number of anilines is 2. The van der Waals surface area contributed by atoms with Gasteiger partial charge >= 0.3 is 0 Å². The minimum Gasteiger partial charge on any atom is -0.389 e. The fourth-order valence-electron chi connectivity index (χ4n) is 1.66. The molecule has 0 fully saturated rings. The maximum absolute atomic E-state index is 9.85. The van der Waals surface area contributed by atoms with Gasteiger partial charge in [0.2, 0.25) is 0 Å². The number of aliphatic hydroxyl groups is 1. The molecule has 0 unspecified atom stereocenters. The van der Waals surface area contributed by atoms with Crippen LogP contribution in [0.5, 0.6) is 0 Å². The van der Waals surface area contributed by atoms with Gasteiger partial charge in [-0.05, 0) is 24.3 Å². The molecule has 0 atom stereocenters. The van der Waals surface area contributed by atoms with E-state index in [2.05, 4.69) is 10.6 Å². The van der Waals surface area contributed by atoms with Crippen molar-refractivity contribution in [3.05, 3.63) is 60.7 Å². The van der Waals surface area contributed by atoms with Gasteiger partial charge in [0.25, 0.3) is 0 Å². The molecule has 19 heavy (non-hydrogen) atoms. The zero-order valence-corrected chi connectivity index (χ0v) is 11.4. The first kappa shape index (κ1) is 15.3. The van der Waals surface area contributed by atoms with Crippen molar-refractivity contribution < 1.29 is 5.11 Å². The van der Waals surface area contributed by atoms with E-state index >= 15 is 0 Å². The highest BCUT2D eigenvalue weighted by molar-refractivity contribution is 5.85. The Hall–Kier alpha value is -1.71. The number of hydrogen-bond donors (Lipinski definition) is 3. The molecule has 2 aromatic carbocycles. The molecule has 0 radical (unpaired) electrons. The highest BCUT2D eigenvalue weighted by Crippen LogP contribution is 2.06. The van der Waals surface area contributed by atoms with Crippen LogP contribution in [0.2, 0.25) is 0 Å². The van der Waals surface area contributed by atoms with Crippen LogP contribution in [0.1, 0.15) is 0 Å². The summed E-state index contributed by atoms with van der Waals surface area (Å²) in [5.41, 5.74) is 2.05. The number of hydrogen-bond acceptors (Lipinski definition) is 3. The van der Waals surface area contributed by atoms with Crippen LogP contribution in [0.15, 0.2) is 60.7 Å². The minimum atomic E-state index is -0.426. The molecule has 0 saturated carbocycles. The van der Waals surface area contributed by atoms with Gasteiger partial charge in [0.15, 0.2) is 0 Å². The molecular formula is C15H19ClN2O. The van der Waals surface area contributed by atoms with Gasteiger partial charge in [-0.3, -0.25) is 0 Å². The van der Waals surface area contributed by atoms with Crippen molar-refractivity contribution in [1.82, 2.24) is 0 Å². The summed E-state index contributed by atoms with van der Waals surface area (Å²) < 4.78 is 0. The number of para-hydroxylation sites is 2. The molecular weight excluding hydrogens is 260 g/mol. The van der Waals surface area contributed by atoms with Crippen molar-refractivity contribution in [3.63, 3.8) is 0 Å². The van der Waals surface area contributed by atoms with Crippen molar-refractivity contribution in [2.75, 3.05) is 23.7 Å². The average Bonchev–Trinajstić information content (AvgIpc) is 2.45. The molecule has 0 aliphatic carbocycles. The van der Waals surface area contributed by atoms with E-state index in [9.17, 15) is 5.11 Å². The topological polar surface area (TPSA) is 44.3 Å². The summed E-state index contributed by atoms with van der Waals surface area (Å²) in [4.78, 5) is 0. The van der Waals surface area contributed by atoms with E-state index in [4.69, 9.17) is 0 Å². The first-order valence-corrected chi connectivity index (χ1v) is 6.10. The number of nitrogens with one attached hydrogen (secondary N) is 2. The third-order valence-electron chi connectivity index (χ3n) is 2.63. The maximum atomic E-state index is 9.85. The molecule has 3 N–H and O–H groups in total. The van der Waals surface area contributed by atoms with Crippen molar-refractivity contribution in [1.29, 1.82) is 0 Å². The smallest absolute Gasteiger partial charge is 0.0884 e. The number of benzene rings is 2. The SMILES string of the molecule is Cl.OC(CNc1ccccc1)CNc1ccccc1. The van der Waals surface area contributed by atoms with Crippen LogP contribution in [-0.4, -0.2) is 24.3 Å². The fraction of sp³-hybridized carbons (Fsp3) is 0.200. The molecule has 3 nitrogen and oxygen atoms in total. The Labute approximate surface area is 120 Å². The summed E-state index contributed by atoms with van der Waals surface area (Å²) in [5, 5.41) is 16.2. The molecule has 4 heteroatoms. The summed E-state index contributed by atoms with van der Waals surface area (Å²) >= 11 is 0. The zero-order valence-electron chi connectivity index (χ0n) is 10.6. The quantitative estimate of drug-likeness (QED) is 0.761. The van der Waals surface area contributed by atoms with Crippen LogP contribution >= 0.6 is 12.4 Å². The maximum Gasteiger partial charge on any atom is 0.0884 e. The van der Waals surface area contributed by atoms with E-state index in [1.165, 1.54) is 0 Å². The predicted octanol–water partition coefficient (Wildman–Crippen LogP) is 2.99. The van der Waals surface area contributed by atoms with Crippen LogP contribution in [0, 0.1) is 0 Å². The highest BCUT2D eigenvalue weighted by Gasteiger charge is 2.03. The Kier molecular flexibility index (Phi) is 6.79. The van der Waals surface area contributed by atoms with Gasteiger partial charge in [-0.2, -0.15) is 0 Å². The molecule has 0 aromatic heterocycles. The van der Waals surface area contributed by atoms with E-state index in [0.29, 0.717) is 13.1 Å². The molecule has 0 heterocycles. The van der Waals surface area contributed by atoms with Gasteiger partial charge in [0.05, 0.1) is 6.10 Å². The number of halogens is 1. The van der Waals surface area contributed by atoms with E-state index in [1.807, 2.05) is 60.7 Å². The Morgan fingerprint density at radius 3 is 1.47 bits per heavy atom. The summed E-state index contributed by atoms with van der Waals surface area (Å²) in [6.45, 7) is 1.06. The second-order valence-electron chi connectivity index (χ2n) is 4.15. The van der Waals surface area contributed by atoms with Gasteiger partial charge < -0.3 is 15.7 Å². The second-order valence-corrected chi connectivity index (χ2v) is 4.15. The second kappa shape index (κ2) is 8.40. The normalized spacial score (nSPS) is 9.79. The van der Waals surface area contributed by atoms with E-state index < -0.39 is 6.10 Å². The lowest BCUT2D eigenvalue weighted by molar-refractivity contribution is 0.201. The zero-order chi connectivity index (χ0) is 12.6. The van der Waals surface area contributed by atoms with Crippen LogP contribution in [-0.2, 0) is 0 Å². The monoisotopic (exact) mass is 278 g/mol. The largest absolute Gasteiger partial charge is 0.389 e. The number of aliphatic hydroxyl groups excluding tert-OH is 1. The lowest BCUT2D eigenvalue weighted by Gasteiger charge is -2.14. The Morgan fingerprint density at radius 1 is 0.737 bits per heavy atom. The van der Waals surface area contributed by atoms with E-state index in [1.54, 1.807) is 0 Å².